The van der Waals surface area contributed by atoms with E-state index in [4.69, 9.17) is 9.57 Å². The van der Waals surface area contributed by atoms with Crippen molar-refractivity contribution in [2.24, 2.45) is 5.41 Å². The van der Waals surface area contributed by atoms with Crippen LogP contribution in [0.2, 0.25) is 0 Å². The number of esters is 1. The minimum atomic E-state index is -0.773. The summed E-state index contributed by atoms with van der Waals surface area (Å²) < 4.78 is 7.70. The number of carbonyl (C=O) groups excluding carboxylic acids is 2. The molecular weight excluding hydrogens is 576 g/mol. The molecule has 0 aliphatic heterocycles. The van der Waals surface area contributed by atoms with E-state index in [2.05, 4.69) is 25.5 Å². The molecule has 0 N–H and O–H groups in total. The van der Waals surface area contributed by atoms with Crippen molar-refractivity contribution in [3.8, 4) is 28.3 Å². The highest BCUT2D eigenvalue weighted by atomic mass is 16.7. The summed E-state index contributed by atoms with van der Waals surface area (Å²) in [7, 11) is 1.32. The molecule has 0 aliphatic carbocycles. The summed E-state index contributed by atoms with van der Waals surface area (Å²) >= 11 is 0. The number of nitrogens with zero attached hydrogens (tertiary/aromatic N) is 8. The molecule has 0 amide bonds. The van der Waals surface area contributed by atoms with Crippen molar-refractivity contribution in [2.45, 2.75) is 27.3 Å². The second kappa shape index (κ2) is 11.6. The Labute approximate surface area is 256 Å². The molecule has 0 unspecified atom stereocenters. The van der Waals surface area contributed by atoms with Crippen LogP contribution >= 0.6 is 0 Å². The minimum Gasteiger partial charge on any atom is -0.465 e. The van der Waals surface area contributed by atoms with Gasteiger partial charge in [0.15, 0.2) is 0 Å². The molecule has 0 saturated carbocycles. The van der Waals surface area contributed by atoms with Gasteiger partial charge >= 0.3 is 11.9 Å². The molecular formula is C32H28N8O5. The lowest BCUT2D eigenvalue weighted by molar-refractivity contribution is -0.154. The second-order valence-electron chi connectivity index (χ2n) is 11.2. The average molecular weight is 605 g/mol. The SMILES string of the molecule is COC(=O)c1ccc(-n2cc(-c3nn(OC(=O)C(C)(C)C)c4ccc(Cn5nc(-c6ccncc6)ccc5=O)cc34)nn2)cc1. The standard InChI is InChI=1S/C32H28N8O5/c1-32(2,3)31(43)45-40-27-11-5-20(18-39-28(41)12-10-25(35-39)21-13-15-33-16-14-21)17-24(27)29(36-40)26-19-38(37-34-26)23-8-6-22(7-9-23)30(42)44-4/h5-17,19H,18H2,1-4H3. The third kappa shape index (κ3) is 5.95. The number of aromatic nitrogens is 8. The van der Waals surface area contributed by atoms with Gasteiger partial charge in [0.1, 0.15) is 16.9 Å². The fourth-order valence-corrected chi connectivity index (χ4v) is 4.49. The van der Waals surface area contributed by atoms with Gasteiger partial charge in [-0.15, -0.1) is 10.2 Å². The van der Waals surface area contributed by atoms with E-state index >= 15 is 0 Å². The van der Waals surface area contributed by atoms with Gasteiger partial charge < -0.3 is 9.57 Å². The Balaban J connectivity index is 1.39. The lowest BCUT2D eigenvalue weighted by Crippen LogP contribution is -2.31. The number of hydrogen-bond acceptors (Lipinski definition) is 10. The van der Waals surface area contributed by atoms with E-state index in [0.717, 1.165) is 11.1 Å². The highest BCUT2D eigenvalue weighted by molar-refractivity contribution is 5.93. The zero-order chi connectivity index (χ0) is 31.7. The molecule has 0 aliphatic rings. The highest BCUT2D eigenvalue weighted by Crippen LogP contribution is 2.29. The van der Waals surface area contributed by atoms with Crippen LogP contribution in [0.3, 0.4) is 0 Å². The number of pyridine rings is 1. The van der Waals surface area contributed by atoms with Crippen LogP contribution in [0.4, 0.5) is 0 Å². The van der Waals surface area contributed by atoms with E-state index in [9.17, 15) is 14.4 Å². The molecule has 4 aromatic heterocycles. The first-order valence-corrected chi connectivity index (χ1v) is 14.0. The Morgan fingerprint density at radius 1 is 0.889 bits per heavy atom. The number of carbonyl (C=O) groups is 2. The van der Waals surface area contributed by atoms with Gasteiger partial charge in [0, 0.05) is 29.4 Å². The van der Waals surface area contributed by atoms with Gasteiger partial charge in [-0.25, -0.2) is 19.0 Å². The Bertz CT molecular complexity index is 2090. The average Bonchev–Trinajstić information content (AvgIpc) is 3.67. The van der Waals surface area contributed by atoms with Crippen molar-refractivity contribution in [3.05, 3.63) is 107 Å². The molecule has 0 spiro atoms. The van der Waals surface area contributed by atoms with Crippen LogP contribution in [-0.2, 0) is 16.1 Å². The van der Waals surface area contributed by atoms with E-state index in [-0.39, 0.29) is 12.1 Å². The molecule has 226 valence electrons. The van der Waals surface area contributed by atoms with Crippen LogP contribution in [0.5, 0.6) is 0 Å². The molecule has 4 heterocycles. The predicted octanol–water partition coefficient (Wildman–Crippen LogP) is 3.74. The maximum Gasteiger partial charge on any atom is 0.340 e. The van der Waals surface area contributed by atoms with Crippen molar-refractivity contribution in [2.75, 3.05) is 7.11 Å². The maximum atomic E-state index is 12.8. The van der Waals surface area contributed by atoms with E-state index in [1.165, 1.54) is 22.7 Å². The molecule has 13 heteroatoms. The molecule has 2 aromatic carbocycles. The van der Waals surface area contributed by atoms with Gasteiger partial charge in [-0.1, -0.05) is 16.1 Å². The Kier molecular flexibility index (Phi) is 7.50. The number of fused-ring (bicyclic) bond motifs is 1. The normalized spacial score (nSPS) is 11.5. The summed E-state index contributed by atoms with van der Waals surface area (Å²) in [6.45, 7) is 5.44. The lowest BCUT2D eigenvalue weighted by Gasteiger charge is -2.15. The summed E-state index contributed by atoms with van der Waals surface area (Å²) in [6.07, 6.45) is 5.01. The van der Waals surface area contributed by atoms with E-state index in [0.29, 0.717) is 39.2 Å². The molecule has 0 radical (unpaired) electrons. The Morgan fingerprint density at radius 2 is 1.64 bits per heavy atom. The largest absolute Gasteiger partial charge is 0.465 e. The molecule has 13 nitrogen and oxygen atoms in total. The monoisotopic (exact) mass is 604 g/mol. The van der Waals surface area contributed by atoms with Crippen molar-refractivity contribution < 1.29 is 19.2 Å². The molecule has 0 bridgehead atoms. The van der Waals surface area contributed by atoms with Crippen molar-refractivity contribution in [1.82, 2.24) is 39.7 Å². The number of hydrogen-bond donors (Lipinski definition) is 0. The van der Waals surface area contributed by atoms with Crippen LogP contribution < -0.4 is 10.4 Å². The van der Waals surface area contributed by atoms with Crippen LogP contribution in [0.25, 0.3) is 39.2 Å². The summed E-state index contributed by atoms with van der Waals surface area (Å²) in [5.41, 5.74) is 3.61. The lowest BCUT2D eigenvalue weighted by atomic mass is 9.98. The molecule has 6 rings (SSSR count). The second-order valence-corrected chi connectivity index (χ2v) is 11.2. The fraction of sp³-hybridized carbons (Fsp3) is 0.188. The van der Waals surface area contributed by atoms with Crippen LogP contribution in [0, 0.1) is 5.41 Å². The van der Waals surface area contributed by atoms with Gasteiger partial charge in [-0.2, -0.15) is 5.10 Å². The zero-order valence-corrected chi connectivity index (χ0v) is 24.9. The summed E-state index contributed by atoms with van der Waals surface area (Å²) in [4.78, 5) is 48.3. The molecule has 6 aromatic rings. The fourth-order valence-electron chi connectivity index (χ4n) is 4.49. The number of methoxy groups -OCH3 is 1. The zero-order valence-electron chi connectivity index (χ0n) is 24.9. The van der Waals surface area contributed by atoms with E-state index in [1.807, 2.05) is 24.3 Å². The smallest absolute Gasteiger partial charge is 0.340 e. The number of benzene rings is 2. The van der Waals surface area contributed by atoms with Crippen molar-refractivity contribution >= 4 is 22.8 Å². The maximum absolute atomic E-state index is 12.8. The van der Waals surface area contributed by atoms with Crippen molar-refractivity contribution in [3.63, 3.8) is 0 Å². The minimum absolute atomic E-state index is 0.180. The van der Waals surface area contributed by atoms with Crippen molar-refractivity contribution in [1.29, 1.82) is 0 Å². The molecule has 45 heavy (non-hydrogen) atoms. The first-order chi connectivity index (χ1) is 21.6. The first-order valence-electron chi connectivity index (χ1n) is 14.0. The van der Waals surface area contributed by atoms with Gasteiger partial charge in [0.2, 0.25) is 0 Å². The van der Waals surface area contributed by atoms with E-state index < -0.39 is 17.4 Å². The number of ether oxygens (including phenoxy) is 1. The highest BCUT2D eigenvalue weighted by Gasteiger charge is 2.26. The summed E-state index contributed by atoms with van der Waals surface area (Å²) in [5, 5.41) is 18.4. The molecule has 0 fully saturated rings. The topological polar surface area (TPSA) is 149 Å². The third-order valence-corrected chi connectivity index (χ3v) is 6.96. The van der Waals surface area contributed by atoms with Gasteiger partial charge in [0.05, 0.1) is 42.2 Å². The summed E-state index contributed by atoms with van der Waals surface area (Å²) in [5.74, 6) is -0.916. The van der Waals surface area contributed by atoms with Crippen LogP contribution in [0.1, 0.15) is 36.7 Å². The Hall–Kier alpha value is -5.98. The number of rotatable bonds is 7. The Morgan fingerprint density at radius 3 is 2.36 bits per heavy atom. The predicted molar refractivity (Wildman–Crippen MR) is 163 cm³/mol. The quantitative estimate of drug-likeness (QED) is 0.247. The van der Waals surface area contributed by atoms with E-state index in [1.54, 1.807) is 80.4 Å². The van der Waals surface area contributed by atoms with Gasteiger partial charge in [-0.3, -0.25) is 9.78 Å². The van der Waals surface area contributed by atoms with Gasteiger partial charge in [0.25, 0.3) is 5.56 Å². The van der Waals surface area contributed by atoms with Crippen LogP contribution in [0.15, 0.2) is 90.1 Å². The molecule has 0 saturated heterocycles. The summed E-state index contributed by atoms with van der Waals surface area (Å²) in [6, 6.07) is 18.9. The first kappa shape index (κ1) is 29.1. The van der Waals surface area contributed by atoms with Gasteiger partial charge in [-0.05, 0) is 80.9 Å². The third-order valence-electron chi connectivity index (χ3n) is 6.96. The molecule has 0 atom stereocenters. The van der Waals surface area contributed by atoms with Crippen LogP contribution in [-0.4, -0.2) is 58.8 Å².